The number of ether oxygens (including phenoxy) is 1. The maximum absolute atomic E-state index is 12.7. The summed E-state index contributed by atoms with van der Waals surface area (Å²) in [4.78, 5) is 17.4. The van der Waals surface area contributed by atoms with Crippen LogP contribution in [0.1, 0.15) is 19.4 Å². The summed E-state index contributed by atoms with van der Waals surface area (Å²) in [6.45, 7) is 3.86. The van der Waals surface area contributed by atoms with Crippen molar-refractivity contribution in [3.8, 4) is 11.8 Å². The molecule has 0 atom stereocenters. The highest BCUT2D eigenvalue weighted by molar-refractivity contribution is 7.73. The van der Waals surface area contributed by atoms with Crippen LogP contribution < -0.4 is 9.64 Å². The highest BCUT2D eigenvalue weighted by atomic mass is 32.1. The smallest absolute Gasteiger partial charge is 0.410 e. The van der Waals surface area contributed by atoms with E-state index in [2.05, 4.69) is 11.1 Å². The molecule has 5 nitrogen and oxygen atoms in total. The Labute approximate surface area is 160 Å². The fourth-order valence-electron chi connectivity index (χ4n) is 2.61. The molecule has 1 N–H and O–H groups in total. The van der Waals surface area contributed by atoms with Crippen molar-refractivity contribution in [3.63, 3.8) is 0 Å². The van der Waals surface area contributed by atoms with Gasteiger partial charge in [0, 0.05) is 11.7 Å². The standard InChI is InChI=1S/C19H17N3O2S2/c1-12(2)22(14-5-8-16-17(11-14)26-18(25)21-16)19(23)24-15-6-3-13(4-7-15)9-10-20/h3-8,11-12H,9H2,1-2H3,(H,21,25). The average Bonchev–Trinajstić information content (AvgIpc) is 2.96. The van der Waals surface area contributed by atoms with E-state index in [1.54, 1.807) is 29.2 Å². The number of aromatic amines is 1. The van der Waals surface area contributed by atoms with E-state index < -0.39 is 6.09 Å². The highest BCUT2D eigenvalue weighted by Gasteiger charge is 2.22. The Morgan fingerprint density at radius 1 is 1.31 bits per heavy atom. The van der Waals surface area contributed by atoms with Gasteiger partial charge in [0.1, 0.15) is 5.75 Å². The first-order chi connectivity index (χ1) is 12.5. The van der Waals surface area contributed by atoms with E-state index in [-0.39, 0.29) is 6.04 Å². The summed E-state index contributed by atoms with van der Waals surface area (Å²) in [5, 5.41) is 8.72. The van der Waals surface area contributed by atoms with Crippen LogP contribution in [0.15, 0.2) is 42.5 Å². The number of H-pyrrole nitrogens is 1. The van der Waals surface area contributed by atoms with Gasteiger partial charge >= 0.3 is 6.09 Å². The lowest BCUT2D eigenvalue weighted by Crippen LogP contribution is -2.39. The molecule has 26 heavy (non-hydrogen) atoms. The summed E-state index contributed by atoms with van der Waals surface area (Å²) in [5.41, 5.74) is 2.59. The van der Waals surface area contributed by atoms with Crippen molar-refractivity contribution >= 4 is 45.6 Å². The molecular weight excluding hydrogens is 366 g/mol. The van der Waals surface area contributed by atoms with E-state index in [9.17, 15) is 4.79 Å². The number of rotatable bonds is 4. The molecular formula is C19H17N3O2S2. The Morgan fingerprint density at radius 3 is 2.69 bits per heavy atom. The number of nitrogens with zero attached hydrogens (tertiary/aromatic N) is 2. The predicted molar refractivity (Wildman–Crippen MR) is 106 cm³/mol. The van der Waals surface area contributed by atoms with Crippen LogP contribution in [-0.4, -0.2) is 17.1 Å². The molecule has 1 amide bonds. The largest absolute Gasteiger partial charge is 0.419 e. The van der Waals surface area contributed by atoms with Gasteiger partial charge in [-0.05, 0) is 62.0 Å². The zero-order valence-electron chi connectivity index (χ0n) is 14.4. The Hall–Kier alpha value is -2.69. The monoisotopic (exact) mass is 383 g/mol. The summed E-state index contributed by atoms with van der Waals surface area (Å²) >= 11 is 6.65. The second kappa shape index (κ2) is 7.68. The molecule has 132 valence electrons. The molecule has 1 heterocycles. The molecule has 3 aromatic rings. The fraction of sp³-hybridized carbons (Fsp3) is 0.211. The van der Waals surface area contributed by atoms with Crippen molar-refractivity contribution in [2.24, 2.45) is 0 Å². The molecule has 0 aliphatic heterocycles. The highest BCUT2D eigenvalue weighted by Crippen LogP contribution is 2.27. The molecule has 2 aromatic carbocycles. The quantitative estimate of drug-likeness (QED) is 0.609. The van der Waals surface area contributed by atoms with Gasteiger partial charge in [-0.15, -0.1) is 11.3 Å². The minimum absolute atomic E-state index is 0.0790. The van der Waals surface area contributed by atoms with Gasteiger partial charge in [0.15, 0.2) is 3.95 Å². The summed E-state index contributed by atoms with van der Waals surface area (Å²) in [6, 6.07) is 14.7. The maximum atomic E-state index is 12.7. The molecule has 1 aromatic heterocycles. The number of hydrogen-bond acceptors (Lipinski definition) is 5. The number of anilines is 1. The lowest BCUT2D eigenvalue weighted by Gasteiger charge is -2.26. The van der Waals surface area contributed by atoms with Crippen LogP contribution in [0.5, 0.6) is 5.75 Å². The van der Waals surface area contributed by atoms with Crippen LogP contribution in [0.4, 0.5) is 10.5 Å². The number of amides is 1. The number of carbonyl (C=O) groups excluding carboxylic acids is 1. The first kappa shape index (κ1) is 18.1. The van der Waals surface area contributed by atoms with Crippen molar-refractivity contribution in [3.05, 3.63) is 52.0 Å². The lowest BCUT2D eigenvalue weighted by atomic mass is 10.2. The molecule has 7 heteroatoms. The summed E-state index contributed by atoms with van der Waals surface area (Å²) in [6.07, 6.45) is -0.124. The SMILES string of the molecule is CC(C)N(C(=O)Oc1ccc(CC#N)cc1)c1ccc2[nH]c(=S)sc2c1. The number of benzene rings is 2. The van der Waals surface area contributed by atoms with Crippen LogP contribution >= 0.6 is 23.6 Å². The Bertz CT molecular complexity index is 1030. The Morgan fingerprint density at radius 2 is 2.04 bits per heavy atom. The second-order valence-electron chi connectivity index (χ2n) is 6.01. The Balaban J connectivity index is 1.85. The van der Waals surface area contributed by atoms with Crippen molar-refractivity contribution in [1.29, 1.82) is 5.26 Å². The van der Waals surface area contributed by atoms with Crippen LogP contribution in [0.25, 0.3) is 10.2 Å². The van der Waals surface area contributed by atoms with Gasteiger partial charge in [0.05, 0.1) is 22.7 Å². The van der Waals surface area contributed by atoms with Gasteiger partial charge in [0.25, 0.3) is 0 Å². The van der Waals surface area contributed by atoms with Crippen molar-refractivity contribution in [2.45, 2.75) is 26.3 Å². The van der Waals surface area contributed by atoms with E-state index in [4.69, 9.17) is 22.2 Å². The van der Waals surface area contributed by atoms with E-state index >= 15 is 0 Å². The molecule has 0 radical (unpaired) electrons. The second-order valence-corrected chi connectivity index (χ2v) is 7.72. The molecule has 0 saturated carbocycles. The molecule has 0 fully saturated rings. The molecule has 0 aliphatic rings. The van der Waals surface area contributed by atoms with E-state index in [0.717, 1.165) is 21.5 Å². The van der Waals surface area contributed by atoms with E-state index in [1.807, 2.05) is 32.0 Å². The first-order valence-electron chi connectivity index (χ1n) is 8.07. The fourth-order valence-corrected chi connectivity index (χ4v) is 3.76. The third-order valence-electron chi connectivity index (χ3n) is 3.81. The van der Waals surface area contributed by atoms with Crippen molar-refractivity contribution in [1.82, 2.24) is 4.98 Å². The van der Waals surface area contributed by atoms with Crippen molar-refractivity contribution < 1.29 is 9.53 Å². The molecule has 0 unspecified atom stereocenters. The molecule has 0 bridgehead atoms. The lowest BCUT2D eigenvalue weighted by molar-refractivity contribution is 0.206. The molecule has 0 saturated heterocycles. The normalized spacial score (nSPS) is 10.7. The van der Waals surface area contributed by atoms with Crippen LogP contribution in [0, 0.1) is 15.3 Å². The number of aromatic nitrogens is 1. The molecule has 0 spiro atoms. The number of nitrogens with one attached hydrogen (secondary N) is 1. The number of carbonyl (C=O) groups is 1. The number of thiazole rings is 1. The zero-order valence-corrected chi connectivity index (χ0v) is 16.0. The summed E-state index contributed by atoms with van der Waals surface area (Å²) < 4.78 is 7.22. The van der Waals surface area contributed by atoms with Crippen LogP contribution in [-0.2, 0) is 6.42 Å². The van der Waals surface area contributed by atoms with Gasteiger partial charge in [0.2, 0.25) is 0 Å². The van der Waals surface area contributed by atoms with Gasteiger partial charge < -0.3 is 9.72 Å². The topological polar surface area (TPSA) is 69.1 Å². The van der Waals surface area contributed by atoms with Crippen molar-refractivity contribution in [2.75, 3.05) is 4.90 Å². The molecule has 0 aliphatic carbocycles. The minimum Gasteiger partial charge on any atom is -0.410 e. The van der Waals surface area contributed by atoms with Gasteiger partial charge in [-0.2, -0.15) is 5.26 Å². The average molecular weight is 383 g/mol. The third kappa shape index (κ3) is 3.93. The summed E-state index contributed by atoms with van der Waals surface area (Å²) in [7, 11) is 0. The third-order valence-corrected chi connectivity index (χ3v) is 5.00. The summed E-state index contributed by atoms with van der Waals surface area (Å²) in [5.74, 6) is 0.445. The van der Waals surface area contributed by atoms with Gasteiger partial charge in [-0.1, -0.05) is 12.1 Å². The van der Waals surface area contributed by atoms with Crippen LogP contribution in [0.2, 0.25) is 0 Å². The first-order valence-corrected chi connectivity index (χ1v) is 9.30. The number of fused-ring (bicyclic) bond motifs is 1. The maximum Gasteiger partial charge on any atom is 0.419 e. The number of hydrogen-bond donors (Lipinski definition) is 1. The Kier molecular flexibility index (Phi) is 5.35. The number of nitriles is 1. The van der Waals surface area contributed by atoms with E-state index in [0.29, 0.717) is 16.1 Å². The minimum atomic E-state index is -0.452. The van der Waals surface area contributed by atoms with Gasteiger partial charge in [-0.25, -0.2) is 4.79 Å². The van der Waals surface area contributed by atoms with Gasteiger partial charge in [-0.3, -0.25) is 4.90 Å². The van der Waals surface area contributed by atoms with Crippen LogP contribution in [0.3, 0.4) is 0 Å². The van der Waals surface area contributed by atoms with E-state index in [1.165, 1.54) is 11.3 Å². The molecule has 3 rings (SSSR count). The predicted octanol–water partition coefficient (Wildman–Crippen LogP) is 5.44. The zero-order chi connectivity index (χ0) is 18.7.